The molecule has 0 bridgehead atoms. The van der Waals surface area contributed by atoms with E-state index >= 15 is 0 Å². The van der Waals surface area contributed by atoms with Crippen molar-refractivity contribution in [3.05, 3.63) is 65.2 Å². The van der Waals surface area contributed by atoms with Gasteiger partial charge in [0.15, 0.2) is 6.61 Å². The van der Waals surface area contributed by atoms with Gasteiger partial charge in [0.05, 0.1) is 5.75 Å². The summed E-state index contributed by atoms with van der Waals surface area (Å²) in [4.78, 5) is 11.9. The molecule has 26 heavy (non-hydrogen) atoms. The Morgan fingerprint density at radius 3 is 2.65 bits per heavy atom. The van der Waals surface area contributed by atoms with Crippen LogP contribution in [-0.2, 0) is 17.1 Å². The van der Waals surface area contributed by atoms with Gasteiger partial charge in [0.1, 0.15) is 5.75 Å². The van der Waals surface area contributed by atoms with Crippen molar-refractivity contribution in [3.63, 3.8) is 0 Å². The summed E-state index contributed by atoms with van der Waals surface area (Å²) in [7, 11) is 0. The molecule has 0 unspecified atom stereocenters. The molecule has 0 aliphatic rings. The Balaban J connectivity index is 1.74. The van der Waals surface area contributed by atoms with Crippen molar-refractivity contribution in [3.8, 4) is 5.75 Å². The Kier molecular flexibility index (Phi) is 7.38. The van der Waals surface area contributed by atoms with Crippen LogP contribution >= 0.6 is 11.8 Å². The maximum Gasteiger partial charge on any atom is 0.422 e. The summed E-state index contributed by atoms with van der Waals surface area (Å²) in [6.45, 7) is 0.940. The Morgan fingerprint density at radius 1 is 1.15 bits per heavy atom. The quantitative estimate of drug-likeness (QED) is 0.730. The molecular formula is C19H20F3NO2S. The number of nitrogens with one attached hydrogen (secondary N) is 1. The van der Waals surface area contributed by atoms with E-state index in [0.717, 1.165) is 5.75 Å². The summed E-state index contributed by atoms with van der Waals surface area (Å²) >= 11 is 1.52. The van der Waals surface area contributed by atoms with E-state index < -0.39 is 12.8 Å². The van der Waals surface area contributed by atoms with Gasteiger partial charge in [-0.15, -0.1) is 11.8 Å². The second-order valence-corrected chi connectivity index (χ2v) is 6.73. The number of hydrogen-bond acceptors (Lipinski definition) is 3. The van der Waals surface area contributed by atoms with Crippen LogP contribution in [0.1, 0.15) is 16.7 Å². The highest BCUT2D eigenvalue weighted by Gasteiger charge is 2.28. The lowest BCUT2D eigenvalue weighted by molar-refractivity contribution is -0.153. The number of alkyl halides is 3. The zero-order valence-electron chi connectivity index (χ0n) is 14.3. The Labute approximate surface area is 154 Å². The van der Waals surface area contributed by atoms with Crippen LogP contribution in [0.3, 0.4) is 0 Å². The molecule has 3 nitrogen and oxygen atoms in total. The lowest BCUT2D eigenvalue weighted by Gasteiger charge is -2.11. The van der Waals surface area contributed by atoms with Gasteiger partial charge in [-0.2, -0.15) is 13.2 Å². The first kappa shape index (κ1) is 20.2. The van der Waals surface area contributed by atoms with Gasteiger partial charge < -0.3 is 10.1 Å². The monoisotopic (exact) mass is 383 g/mol. The zero-order chi connectivity index (χ0) is 19.0. The van der Waals surface area contributed by atoms with Crippen LogP contribution in [0.15, 0.2) is 48.5 Å². The van der Waals surface area contributed by atoms with Crippen LogP contribution < -0.4 is 10.1 Å². The number of amides is 1. The van der Waals surface area contributed by atoms with Gasteiger partial charge in [0.25, 0.3) is 0 Å². The van der Waals surface area contributed by atoms with Crippen LogP contribution in [0.25, 0.3) is 0 Å². The van der Waals surface area contributed by atoms with Crippen molar-refractivity contribution in [2.45, 2.75) is 25.4 Å². The summed E-state index contributed by atoms with van der Waals surface area (Å²) in [6.07, 6.45) is -4.38. The number of carbonyl (C=O) groups excluding carboxylic acids is 1. The molecule has 0 radical (unpaired) electrons. The lowest BCUT2D eigenvalue weighted by Crippen LogP contribution is -2.24. The number of ether oxygens (including phenoxy) is 1. The molecule has 0 aliphatic carbocycles. The number of hydrogen-bond donors (Lipinski definition) is 1. The molecule has 140 valence electrons. The van der Waals surface area contributed by atoms with Gasteiger partial charge in [-0.05, 0) is 35.7 Å². The molecule has 2 rings (SSSR count). The average Bonchev–Trinajstić information content (AvgIpc) is 2.60. The first-order valence-corrected chi connectivity index (χ1v) is 9.16. The lowest BCUT2D eigenvalue weighted by atomic mass is 10.1. The van der Waals surface area contributed by atoms with Crippen LogP contribution in [-0.4, -0.2) is 24.4 Å². The standard InChI is InChI=1S/C19H20F3NO2S/c1-14-5-2-3-7-16(14)11-26-12-18(24)23-10-15-6-4-8-17(9-15)25-13-19(20,21)22/h2-9H,10-13H2,1H3,(H,23,24). The van der Waals surface area contributed by atoms with Crippen LogP contribution in [0, 0.1) is 6.92 Å². The fourth-order valence-corrected chi connectivity index (χ4v) is 3.12. The zero-order valence-corrected chi connectivity index (χ0v) is 15.1. The average molecular weight is 383 g/mol. The fourth-order valence-electron chi connectivity index (χ4n) is 2.19. The molecule has 0 saturated heterocycles. The van der Waals surface area contributed by atoms with Crippen molar-refractivity contribution in [1.82, 2.24) is 5.32 Å². The Hall–Kier alpha value is -2.15. The number of carbonyl (C=O) groups is 1. The maximum atomic E-state index is 12.2. The maximum absolute atomic E-state index is 12.2. The SMILES string of the molecule is Cc1ccccc1CSCC(=O)NCc1cccc(OCC(F)(F)F)c1. The van der Waals surface area contributed by atoms with Gasteiger partial charge in [0, 0.05) is 12.3 Å². The Morgan fingerprint density at radius 2 is 1.92 bits per heavy atom. The molecule has 0 spiro atoms. The number of rotatable bonds is 8. The van der Waals surface area contributed by atoms with Crippen molar-refractivity contribution < 1.29 is 22.7 Å². The molecule has 0 fully saturated rings. The summed E-state index contributed by atoms with van der Waals surface area (Å²) in [5, 5.41) is 2.76. The van der Waals surface area contributed by atoms with Crippen LogP contribution in [0.2, 0.25) is 0 Å². The number of thioether (sulfide) groups is 1. The highest BCUT2D eigenvalue weighted by Crippen LogP contribution is 2.19. The number of benzene rings is 2. The minimum absolute atomic E-state index is 0.120. The third-order valence-corrected chi connectivity index (χ3v) is 4.52. The van der Waals surface area contributed by atoms with E-state index in [2.05, 4.69) is 5.32 Å². The topological polar surface area (TPSA) is 38.3 Å². The molecule has 0 atom stereocenters. The minimum Gasteiger partial charge on any atom is -0.484 e. The molecule has 2 aromatic carbocycles. The number of halogens is 3. The summed E-state index contributed by atoms with van der Waals surface area (Å²) in [5.41, 5.74) is 3.07. The second-order valence-electron chi connectivity index (χ2n) is 5.75. The molecule has 7 heteroatoms. The molecule has 2 aromatic rings. The minimum atomic E-state index is -4.38. The normalized spacial score (nSPS) is 11.2. The van der Waals surface area contributed by atoms with Crippen molar-refractivity contribution in [2.75, 3.05) is 12.4 Å². The molecule has 0 aromatic heterocycles. The van der Waals surface area contributed by atoms with E-state index in [-0.39, 0.29) is 18.2 Å². The number of aryl methyl sites for hydroxylation is 1. The van der Waals surface area contributed by atoms with Crippen LogP contribution in [0.5, 0.6) is 5.75 Å². The molecule has 0 saturated carbocycles. The van der Waals surface area contributed by atoms with Gasteiger partial charge in [-0.25, -0.2) is 0 Å². The molecule has 0 aliphatic heterocycles. The fraction of sp³-hybridized carbons (Fsp3) is 0.316. The van der Waals surface area contributed by atoms with Gasteiger partial charge in [-0.1, -0.05) is 36.4 Å². The van der Waals surface area contributed by atoms with E-state index in [1.165, 1.54) is 35.0 Å². The van der Waals surface area contributed by atoms with E-state index in [1.54, 1.807) is 12.1 Å². The predicted octanol–water partition coefficient (Wildman–Crippen LogP) is 4.49. The van der Waals surface area contributed by atoms with Gasteiger partial charge >= 0.3 is 6.18 Å². The highest BCUT2D eigenvalue weighted by molar-refractivity contribution is 7.99. The summed E-state index contributed by atoms with van der Waals surface area (Å²) in [6, 6.07) is 14.3. The summed E-state index contributed by atoms with van der Waals surface area (Å²) in [5.74, 6) is 1.08. The predicted molar refractivity (Wildman–Crippen MR) is 97.2 cm³/mol. The Bertz CT molecular complexity index is 735. The second kappa shape index (κ2) is 9.52. The highest BCUT2D eigenvalue weighted by atomic mass is 32.2. The molecule has 1 amide bonds. The van der Waals surface area contributed by atoms with E-state index in [0.29, 0.717) is 11.3 Å². The van der Waals surface area contributed by atoms with Crippen molar-refractivity contribution in [2.24, 2.45) is 0 Å². The van der Waals surface area contributed by atoms with Gasteiger partial charge in [0.2, 0.25) is 5.91 Å². The largest absolute Gasteiger partial charge is 0.484 e. The smallest absolute Gasteiger partial charge is 0.422 e. The van der Waals surface area contributed by atoms with Gasteiger partial charge in [-0.3, -0.25) is 4.79 Å². The third-order valence-electron chi connectivity index (χ3n) is 3.54. The molecule has 0 heterocycles. The van der Waals surface area contributed by atoms with E-state index in [9.17, 15) is 18.0 Å². The summed E-state index contributed by atoms with van der Waals surface area (Å²) < 4.78 is 41.2. The van der Waals surface area contributed by atoms with E-state index in [1.807, 2.05) is 31.2 Å². The molecular weight excluding hydrogens is 363 g/mol. The first-order chi connectivity index (χ1) is 12.3. The third kappa shape index (κ3) is 7.39. The van der Waals surface area contributed by atoms with Crippen LogP contribution in [0.4, 0.5) is 13.2 Å². The van der Waals surface area contributed by atoms with E-state index in [4.69, 9.17) is 4.74 Å². The van der Waals surface area contributed by atoms with Crippen molar-refractivity contribution in [1.29, 1.82) is 0 Å². The molecule has 1 N–H and O–H groups in total. The van der Waals surface area contributed by atoms with Crippen molar-refractivity contribution >= 4 is 17.7 Å². The first-order valence-electron chi connectivity index (χ1n) is 8.01.